The standard InChI is InChI=1S/C24H23FN6O2S.C23H19Cl2FN6O2S/c1-15-3-2-4-18(13-15)33-14-19(32)30-9-11-31(12-10-30)21-20-23(29-24(26)28-21)34-22(27-20)16-5-7-17(25)8-6-16;24-14-3-6-17(16(25)11-14)34-12-18(33)31-7-9-32(10-8-31)20-19-22(30-23(27)29-20)35-21(28-19)13-1-4-15(26)5-2-13/h2-8,13H,9-12,14H2,1H3,(H2,26,28,29);1-6,11H,7-10,12H2,(H2,27,29,30). The Bertz CT molecular complexity index is 3150. The van der Waals surface area contributed by atoms with Gasteiger partial charge in [0.05, 0.1) is 5.02 Å². The minimum atomic E-state index is -0.311. The lowest BCUT2D eigenvalue weighted by Crippen LogP contribution is -2.50. The lowest BCUT2D eigenvalue weighted by molar-refractivity contribution is -0.134. The predicted molar refractivity (Wildman–Crippen MR) is 266 cm³/mol. The molecule has 354 valence electrons. The molecular formula is C47H42Cl2F2N12O4S2. The zero-order chi connectivity index (χ0) is 48.2. The number of hydrogen-bond donors (Lipinski definition) is 2. The van der Waals surface area contributed by atoms with Crippen LogP contribution in [0, 0.1) is 18.6 Å². The first-order valence-corrected chi connectivity index (χ1v) is 23.9. The van der Waals surface area contributed by atoms with Crippen molar-refractivity contribution in [3.8, 4) is 32.6 Å². The fraction of sp³-hybridized carbons (Fsp3) is 0.234. The number of aryl methyl sites for hydroxylation is 1. The zero-order valence-electron chi connectivity index (χ0n) is 36.8. The number of thiazole rings is 2. The molecule has 4 aromatic heterocycles. The van der Waals surface area contributed by atoms with Crippen molar-refractivity contribution in [2.45, 2.75) is 6.92 Å². The van der Waals surface area contributed by atoms with Gasteiger partial charge in [0.15, 0.2) is 34.5 Å². The van der Waals surface area contributed by atoms with E-state index in [2.05, 4.69) is 24.8 Å². The minimum absolute atomic E-state index is 0.00126. The van der Waals surface area contributed by atoms with Crippen LogP contribution >= 0.6 is 45.9 Å². The van der Waals surface area contributed by atoms with Gasteiger partial charge in [-0.05, 0) is 91.3 Å². The van der Waals surface area contributed by atoms with Crippen molar-refractivity contribution >= 4 is 102 Å². The van der Waals surface area contributed by atoms with Crippen molar-refractivity contribution in [3.05, 3.63) is 118 Å². The van der Waals surface area contributed by atoms with Crippen LogP contribution in [0.15, 0.2) is 91.0 Å². The Morgan fingerprint density at radius 3 is 1.55 bits per heavy atom. The molecule has 0 saturated carbocycles. The van der Waals surface area contributed by atoms with Crippen molar-refractivity contribution in [2.75, 3.05) is 86.8 Å². The highest BCUT2D eigenvalue weighted by Crippen LogP contribution is 2.36. The molecule has 8 aromatic rings. The Balaban J connectivity index is 0.000000172. The van der Waals surface area contributed by atoms with E-state index in [1.54, 1.807) is 52.3 Å². The van der Waals surface area contributed by atoms with Crippen LogP contribution in [0.4, 0.5) is 32.3 Å². The van der Waals surface area contributed by atoms with Crippen molar-refractivity contribution in [2.24, 2.45) is 0 Å². The number of amides is 2. The molecule has 0 bridgehead atoms. The SMILES string of the molecule is Cc1cccc(OCC(=O)N2CCN(c3nc(N)nc4sc(-c5ccc(F)cc5)nc34)CC2)c1.Nc1nc(N2CCN(C(=O)COc3ccc(Cl)cc3Cl)CC2)c2nc(-c3ccc(F)cc3)sc2n1. The number of ether oxygens (including phenoxy) is 2. The third-order valence-corrected chi connectivity index (χ3v) is 13.7. The third kappa shape index (κ3) is 11.2. The number of nitrogens with two attached hydrogens (primary N) is 2. The van der Waals surface area contributed by atoms with Crippen molar-refractivity contribution in [3.63, 3.8) is 0 Å². The van der Waals surface area contributed by atoms with Crippen LogP contribution in [-0.2, 0) is 9.59 Å². The number of fused-ring (bicyclic) bond motifs is 2. The molecule has 2 aliphatic rings. The number of carbonyl (C=O) groups is 2. The molecule has 4 aromatic carbocycles. The quantitative estimate of drug-likeness (QED) is 0.134. The van der Waals surface area contributed by atoms with Gasteiger partial charge in [-0.2, -0.15) is 9.97 Å². The van der Waals surface area contributed by atoms with Crippen LogP contribution < -0.4 is 30.7 Å². The molecule has 0 aliphatic carbocycles. The largest absolute Gasteiger partial charge is 0.484 e. The van der Waals surface area contributed by atoms with Gasteiger partial charge in [0.1, 0.15) is 44.2 Å². The number of halogens is 4. The van der Waals surface area contributed by atoms with Gasteiger partial charge in [0.2, 0.25) is 11.9 Å². The average Bonchev–Trinajstić information content (AvgIpc) is 3.98. The summed E-state index contributed by atoms with van der Waals surface area (Å²) in [5.41, 5.74) is 15.9. The highest BCUT2D eigenvalue weighted by molar-refractivity contribution is 7.21. The number of rotatable bonds is 10. The molecule has 0 radical (unpaired) electrons. The first-order chi connectivity index (χ1) is 33.3. The van der Waals surface area contributed by atoms with E-state index in [0.717, 1.165) is 21.7 Å². The molecular weight excluding hydrogens is 970 g/mol. The van der Waals surface area contributed by atoms with Crippen LogP contribution in [0.25, 0.3) is 41.8 Å². The van der Waals surface area contributed by atoms with Gasteiger partial charge >= 0.3 is 0 Å². The van der Waals surface area contributed by atoms with Gasteiger partial charge in [-0.1, -0.05) is 58.0 Å². The molecule has 2 amide bonds. The first-order valence-electron chi connectivity index (χ1n) is 21.6. The van der Waals surface area contributed by atoms with Crippen LogP contribution in [0.3, 0.4) is 0 Å². The Morgan fingerprint density at radius 1 is 0.609 bits per heavy atom. The second-order valence-corrected chi connectivity index (χ2v) is 18.7. The van der Waals surface area contributed by atoms with E-state index in [9.17, 15) is 18.4 Å². The van der Waals surface area contributed by atoms with E-state index in [1.807, 2.05) is 36.1 Å². The molecule has 0 atom stereocenters. The Hall–Kier alpha value is -7.00. The van der Waals surface area contributed by atoms with E-state index in [1.165, 1.54) is 46.9 Å². The average molecular weight is 1010 g/mol. The fourth-order valence-electron chi connectivity index (χ4n) is 7.62. The maximum absolute atomic E-state index is 13.3. The summed E-state index contributed by atoms with van der Waals surface area (Å²) in [6, 6.07) is 24.8. The zero-order valence-corrected chi connectivity index (χ0v) is 40.0. The molecule has 16 nitrogen and oxygen atoms in total. The van der Waals surface area contributed by atoms with E-state index in [0.29, 0.717) is 111 Å². The molecule has 6 heterocycles. The van der Waals surface area contributed by atoms with E-state index >= 15 is 0 Å². The summed E-state index contributed by atoms with van der Waals surface area (Å²) in [6.45, 7) is 6.16. The number of nitrogens with zero attached hydrogens (tertiary/aromatic N) is 10. The molecule has 2 fully saturated rings. The van der Waals surface area contributed by atoms with E-state index in [-0.39, 0.29) is 48.6 Å². The topological polar surface area (TPSA) is 195 Å². The molecule has 0 unspecified atom stereocenters. The molecule has 2 aliphatic heterocycles. The van der Waals surface area contributed by atoms with Crippen LogP contribution in [-0.4, -0.2) is 117 Å². The van der Waals surface area contributed by atoms with E-state index < -0.39 is 0 Å². The summed E-state index contributed by atoms with van der Waals surface area (Å²) in [7, 11) is 0. The van der Waals surface area contributed by atoms with Crippen molar-refractivity contribution in [1.29, 1.82) is 0 Å². The molecule has 69 heavy (non-hydrogen) atoms. The van der Waals surface area contributed by atoms with Crippen LogP contribution in [0.1, 0.15) is 5.56 Å². The highest BCUT2D eigenvalue weighted by Gasteiger charge is 2.27. The number of hydrogen-bond acceptors (Lipinski definition) is 16. The second-order valence-electron chi connectivity index (χ2n) is 15.9. The fourth-order valence-corrected chi connectivity index (χ4v) is 9.98. The lowest BCUT2D eigenvalue weighted by atomic mass is 10.2. The monoisotopic (exact) mass is 1010 g/mol. The summed E-state index contributed by atoms with van der Waals surface area (Å²) in [6.07, 6.45) is 0. The number of benzene rings is 4. The second kappa shape index (κ2) is 20.7. The highest BCUT2D eigenvalue weighted by atomic mass is 35.5. The van der Waals surface area contributed by atoms with E-state index in [4.69, 9.17) is 54.1 Å². The van der Waals surface area contributed by atoms with Gasteiger partial charge in [-0.3, -0.25) is 9.59 Å². The predicted octanol–water partition coefficient (Wildman–Crippen LogP) is 8.02. The minimum Gasteiger partial charge on any atom is -0.484 e. The van der Waals surface area contributed by atoms with Gasteiger partial charge in [0.25, 0.3) is 11.8 Å². The van der Waals surface area contributed by atoms with Crippen LogP contribution in [0.5, 0.6) is 11.5 Å². The molecule has 4 N–H and O–H groups in total. The Morgan fingerprint density at radius 2 is 1.09 bits per heavy atom. The van der Waals surface area contributed by atoms with Crippen molar-refractivity contribution < 1.29 is 27.8 Å². The third-order valence-electron chi connectivity index (χ3n) is 11.2. The molecule has 2 saturated heterocycles. The molecule has 0 spiro atoms. The summed E-state index contributed by atoms with van der Waals surface area (Å²) >= 11 is 14.8. The van der Waals surface area contributed by atoms with Gasteiger partial charge in [0, 0.05) is 68.5 Å². The normalized spacial score (nSPS) is 13.9. The molecule has 10 rings (SSSR count). The number of aromatic nitrogens is 6. The number of piperazine rings is 2. The van der Waals surface area contributed by atoms with Crippen LogP contribution in [0.2, 0.25) is 10.0 Å². The lowest BCUT2D eigenvalue weighted by Gasteiger charge is -2.35. The number of nitrogen functional groups attached to an aromatic ring is 2. The summed E-state index contributed by atoms with van der Waals surface area (Å²) in [5.74, 6) is 1.86. The number of anilines is 4. The maximum Gasteiger partial charge on any atom is 0.260 e. The van der Waals surface area contributed by atoms with Gasteiger partial charge in [-0.25, -0.2) is 28.7 Å². The maximum atomic E-state index is 13.3. The smallest absolute Gasteiger partial charge is 0.260 e. The van der Waals surface area contributed by atoms with Gasteiger partial charge in [-0.15, -0.1) is 0 Å². The van der Waals surface area contributed by atoms with Gasteiger partial charge < -0.3 is 40.5 Å². The summed E-state index contributed by atoms with van der Waals surface area (Å²) in [5, 5.41) is 2.27. The summed E-state index contributed by atoms with van der Waals surface area (Å²) < 4.78 is 37.9. The first kappa shape index (κ1) is 47.1. The Labute approximate surface area is 412 Å². The molecule has 22 heteroatoms. The number of carbonyl (C=O) groups excluding carboxylic acids is 2. The Kier molecular flexibility index (Phi) is 14.1. The van der Waals surface area contributed by atoms with Crippen molar-refractivity contribution in [1.82, 2.24) is 39.7 Å². The summed E-state index contributed by atoms with van der Waals surface area (Å²) in [4.78, 5) is 61.3.